The molecule has 1 heterocycles. The Balaban J connectivity index is 2.30. The zero-order valence-corrected chi connectivity index (χ0v) is 8.18. The molecule has 0 spiro atoms. The predicted molar refractivity (Wildman–Crippen MR) is 52.9 cm³/mol. The molecule has 1 amide bonds. The van der Waals surface area contributed by atoms with Crippen LogP contribution in [0.5, 0.6) is 0 Å². The molecule has 6 nitrogen and oxygen atoms in total. The second kappa shape index (κ2) is 4.77. The maximum absolute atomic E-state index is 11.1. The smallest absolute Gasteiger partial charge is 0.260 e. The summed E-state index contributed by atoms with van der Waals surface area (Å²) < 4.78 is 1.59. The number of amides is 1. The molecule has 0 bridgehead atoms. The second-order valence-electron chi connectivity index (χ2n) is 2.07. The van der Waals surface area contributed by atoms with E-state index in [9.17, 15) is 4.79 Å². The molecule has 0 atom stereocenters. The Morgan fingerprint density at radius 2 is 2.38 bits per heavy atom. The van der Waals surface area contributed by atoms with Gasteiger partial charge in [0.2, 0.25) is 0 Å². The summed E-state index contributed by atoms with van der Waals surface area (Å²) in [7, 11) is 0. The van der Waals surface area contributed by atoms with Crippen LogP contribution in [0.25, 0.3) is 0 Å². The lowest BCUT2D eigenvalue weighted by atomic mass is 10.6. The number of nitrogens with one attached hydrogen (secondary N) is 2. The van der Waals surface area contributed by atoms with Crippen LogP contribution in [0.2, 0.25) is 0 Å². The van der Waals surface area contributed by atoms with Crippen LogP contribution in [0.4, 0.5) is 0 Å². The first-order valence-electron chi connectivity index (χ1n) is 3.28. The lowest BCUT2D eigenvalue weighted by Gasteiger charge is -2.04. The Morgan fingerprint density at radius 3 is 2.92 bits per heavy atom. The highest BCUT2D eigenvalue weighted by atomic mass is 32.1. The highest BCUT2D eigenvalue weighted by Gasteiger charge is 2.01. The van der Waals surface area contributed by atoms with Crippen LogP contribution in [-0.2, 0) is 11.3 Å². The molecule has 2 N–H and O–H groups in total. The molecule has 1 aromatic heterocycles. The lowest BCUT2D eigenvalue weighted by molar-refractivity contribution is -0.122. The van der Waals surface area contributed by atoms with Crippen LogP contribution in [0.3, 0.4) is 0 Å². The maximum atomic E-state index is 11.1. The van der Waals surface area contributed by atoms with E-state index < -0.39 is 0 Å². The first kappa shape index (κ1) is 9.93. The molecule has 0 unspecified atom stereocenters. The van der Waals surface area contributed by atoms with E-state index in [4.69, 9.17) is 0 Å². The van der Waals surface area contributed by atoms with Crippen LogP contribution in [0.1, 0.15) is 0 Å². The number of carbonyl (C=O) groups is 1. The van der Waals surface area contributed by atoms with Gasteiger partial charge in [-0.3, -0.25) is 15.6 Å². The minimum Gasteiger partial charge on any atom is -0.283 e. The molecule has 70 valence electrons. The zero-order valence-electron chi connectivity index (χ0n) is 6.47. The molecular formula is C5H7N5OS2. The van der Waals surface area contributed by atoms with Crippen LogP contribution >= 0.6 is 24.8 Å². The Kier molecular flexibility index (Phi) is 3.65. The summed E-state index contributed by atoms with van der Waals surface area (Å²) in [5, 5.41) is 3.75. The molecule has 0 aromatic carbocycles. The SMILES string of the molecule is O=C(Cn1cncn1)NNC(=S)S. The highest BCUT2D eigenvalue weighted by Crippen LogP contribution is 1.79. The van der Waals surface area contributed by atoms with Gasteiger partial charge < -0.3 is 0 Å². The van der Waals surface area contributed by atoms with Crippen LogP contribution in [0, 0.1) is 0 Å². The van der Waals surface area contributed by atoms with Crippen molar-refractivity contribution < 1.29 is 4.79 Å². The predicted octanol–water partition coefficient (Wildman–Crippen LogP) is -0.886. The standard InChI is InChI=1S/C5H7N5OS2/c11-4(8-9-5(12)13)1-10-3-6-2-7-10/h2-3H,1H2,(H,8,11)(H2,9,12,13). The molecular weight excluding hydrogens is 210 g/mol. The van der Waals surface area contributed by atoms with Gasteiger partial charge in [-0.25, -0.2) is 9.67 Å². The third-order valence-electron chi connectivity index (χ3n) is 1.08. The van der Waals surface area contributed by atoms with Gasteiger partial charge in [0.25, 0.3) is 5.91 Å². The minimum absolute atomic E-state index is 0.0867. The van der Waals surface area contributed by atoms with Gasteiger partial charge in [-0.05, 0) is 0 Å². The quantitative estimate of drug-likeness (QED) is 0.341. The first-order chi connectivity index (χ1) is 6.18. The minimum atomic E-state index is -0.276. The van der Waals surface area contributed by atoms with Crippen molar-refractivity contribution in [1.82, 2.24) is 25.6 Å². The van der Waals surface area contributed by atoms with Crippen molar-refractivity contribution in [3.8, 4) is 0 Å². The summed E-state index contributed by atoms with van der Waals surface area (Å²) in [6.07, 6.45) is 2.79. The monoisotopic (exact) mass is 217 g/mol. The van der Waals surface area contributed by atoms with Crippen molar-refractivity contribution >= 4 is 35.1 Å². The molecule has 0 saturated carbocycles. The molecule has 0 aliphatic carbocycles. The van der Waals surface area contributed by atoms with Crippen LogP contribution in [-0.4, -0.2) is 25.0 Å². The third kappa shape index (κ3) is 3.85. The van der Waals surface area contributed by atoms with Crippen molar-refractivity contribution in [2.24, 2.45) is 0 Å². The van der Waals surface area contributed by atoms with Crippen molar-refractivity contribution in [3.05, 3.63) is 12.7 Å². The fraction of sp³-hybridized carbons (Fsp3) is 0.200. The Hall–Kier alpha value is -1.15. The van der Waals surface area contributed by atoms with Gasteiger partial charge >= 0.3 is 0 Å². The van der Waals surface area contributed by atoms with E-state index >= 15 is 0 Å². The van der Waals surface area contributed by atoms with E-state index in [1.165, 1.54) is 17.3 Å². The number of hydrogen-bond acceptors (Lipinski definition) is 4. The zero-order chi connectivity index (χ0) is 9.68. The average Bonchev–Trinajstić information content (AvgIpc) is 2.53. The van der Waals surface area contributed by atoms with Gasteiger partial charge in [0, 0.05) is 0 Å². The number of aromatic nitrogens is 3. The number of hydrazine groups is 1. The summed E-state index contributed by atoms with van der Waals surface area (Å²) >= 11 is 8.32. The number of nitrogens with zero attached hydrogens (tertiary/aromatic N) is 3. The molecule has 1 rings (SSSR count). The Labute approximate surface area is 85.1 Å². The largest absolute Gasteiger partial charge is 0.283 e. The molecule has 0 radical (unpaired) electrons. The molecule has 13 heavy (non-hydrogen) atoms. The molecule has 1 aromatic rings. The fourth-order valence-electron chi connectivity index (χ4n) is 0.624. The molecule has 0 aliphatic heterocycles. The first-order valence-corrected chi connectivity index (χ1v) is 4.14. The topological polar surface area (TPSA) is 71.8 Å². The number of carbonyl (C=O) groups excluding carboxylic acids is 1. The summed E-state index contributed by atoms with van der Waals surface area (Å²) in [6.45, 7) is 0.0867. The van der Waals surface area contributed by atoms with Gasteiger partial charge in [0.05, 0.1) is 0 Å². The molecule has 0 fully saturated rings. The number of hydrogen-bond donors (Lipinski definition) is 3. The Morgan fingerprint density at radius 1 is 1.62 bits per heavy atom. The van der Waals surface area contributed by atoms with E-state index in [0.717, 1.165) is 0 Å². The average molecular weight is 217 g/mol. The lowest BCUT2D eigenvalue weighted by Crippen LogP contribution is -2.40. The van der Waals surface area contributed by atoms with Crippen molar-refractivity contribution in [2.45, 2.75) is 6.54 Å². The summed E-state index contributed by atoms with van der Waals surface area (Å²) in [5.41, 5.74) is 4.72. The molecule has 0 aliphatic rings. The van der Waals surface area contributed by atoms with E-state index in [1.807, 2.05) is 0 Å². The van der Waals surface area contributed by atoms with Gasteiger partial charge in [-0.1, -0.05) is 12.2 Å². The van der Waals surface area contributed by atoms with Gasteiger partial charge in [-0.15, -0.1) is 12.6 Å². The molecule has 0 saturated heterocycles. The van der Waals surface area contributed by atoms with Gasteiger partial charge in [0.1, 0.15) is 23.5 Å². The number of rotatable bonds is 2. The Bertz CT molecular complexity index is 298. The van der Waals surface area contributed by atoms with Gasteiger partial charge in [-0.2, -0.15) is 5.10 Å². The fourth-order valence-corrected chi connectivity index (χ4v) is 0.731. The van der Waals surface area contributed by atoms with E-state index in [-0.39, 0.29) is 16.8 Å². The highest BCUT2D eigenvalue weighted by molar-refractivity contribution is 8.11. The summed E-state index contributed by atoms with van der Waals surface area (Å²) in [6, 6.07) is 0. The molecule has 8 heteroatoms. The van der Waals surface area contributed by atoms with Crippen LogP contribution < -0.4 is 10.9 Å². The van der Waals surface area contributed by atoms with Crippen LogP contribution in [0.15, 0.2) is 12.7 Å². The second-order valence-corrected chi connectivity index (χ2v) is 3.23. The third-order valence-corrected chi connectivity index (χ3v) is 1.29. The number of thiocarbonyl (C=S) groups is 1. The maximum Gasteiger partial charge on any atom is 0.260 e. The van der Waals surface area contributed by atoms with Crippen molar-refractivity contribution in [1.29, 1.82) is 0 Å². The van der Waals surface area contributed by atoms with E-state index in [0.29, 0.717) is 0 Å². The van der Waals surface area contributed by atoms with Crippen molar-refractivity contribution in [2.75, 3.05) is 0 Å². The van der Waals surface area contributed by atoms with E-state index in [2.05, 4.69) is 45.8 Å². The summed E-state index contributed by atoms with van der Waals surface area (Å²) in [4.78, 5) is 14.7. The van der Waals surface area contributed by atoms with Crippen molar-refractivity contribution in [3.63, 3.8) is 0 Å². The van der Waals surface area contributed by atoms with E-state index in [1.54, 1.807) is 0 Å². The normalized spacial score (nSPS) is 9.31. The number of thiol groups is 1. The summed E-state index contributed by atoms with van der Waals surface area (Å²) in [5.74, 6) is -0.276. The van der Waals surface area contributed by atoms with Gasteiger partial charge in [0.15, 0.2) is 0 Å².